The summed E-state index contributed by atoms with van der Waals surface area (Å²) >= 11 is 0. The first-order valence-electron chi connectivity index (χ1n) is 6.28. The molecule has 0 spiro atoms. The predicted octanol–water partition coefficient (Wildman–Crippen LogP) is 2.61. The van der Waals surface area contributed by atoms with Gasteiger partial charge in [-0.15, -0.1) is 0 Å². The lowest BCUT2D eigenvalue weighted by atomic mass is 10.1. The molecule has 22 heavy (non-hydrogen) atoms. The van der Waals surface area contributed by atoms with Crippen LogP contribution in [0.5, 0.6) is 5.75 Å². The Morgan fingerprint density at radius 1 is 0.864 bits per heavy atom. The standard InChI is InChI=1S/C16H12O6/c1-9-2-7-13(12(8-9)15(19)20)22-16(21)11-5-3-10(4-6-11)14(17)18/h2-8H,1H3,(H,17,18)(H,19,20). The molecule has 2 aromatic carbocycles. The van der Waals surface area contributed by atoms with Gasteiger partial charge in [0.15, 0.2) is 0 Å². The molecule has 0 aliphatic heterocycles. The van der Waals surface area contributed by atoms with Crippen molar-refractivity contribution in [3.63, 3.8) is 0 Å². The van der Waals surface area contributed by atoms with E-state index in [4.69, 9.17) is 14.9 Å². The van der Waals surface area contributed by atoms with Crippen LogP contribution in [0.25, 0.3) is 0 Å². The summed E-state index contributed by atoms with van der Waals surface area (Å²) in [6, 6.07) is 9.59. The van der Waals surface area contributed by atoms with Crippen LogP contribution in [0.4, 0.5) is 0 Å². The maximum Gasteiger partial charge on any atom is 0.343 e. The molecular formula is C16H12O6. The molecule has 0 aliphatic rings. The minimum atomic E-state index is -1.20. The first kappa shape index (κ1) is 15.2. The van der Waals surface area contributed by atoms with E-state index in [2.05, 4.69) is 0 Å². The highest BCUT2D eigenvalue weighted by atomic mass is 16.5. The maximum absolute atomic E-state index is 12.0. The van der Waals surface area contributed by atoms with Crippen LogP contribution in [0.15, 0.2) is 42.5 Å². The number of carboxylic acids is 2. The number of esters is 1. The van der Waals surface area contributed by atoms with E-state index in [0.717, 1.165) is 5.56 Å². The molecule has 112 valence electrons. The number of hydrogen-bond acceptors (Lipinski definition) is 4. The van der Waals surface area contributed by atoms with Gasteiger partial charge in [-0.25, -0.2) is 14.4 Å². The number of ether oxygens (including phenoxy) is 1. The second-order valence-electron chi connectivity index (χ2n) is 4.58. The second-order valence-corrected chi connectivity index (χ2v) is 4.58. The Morgan fingerprint density at radius 3 is 2.00 bits per heavy atom. The Bertz CT molecular complexity index is 746. The minimum absolute atomic E-state index is 0.0399. The number of carbonyl (C=O) groups excluding carboxylic acids is 1. The Hall–Kier alpha value is -3.15. The van der Waals surface area contributed by atoms with Crippen molar-refractivity contribution in [2.24, 2.45) is 0 Å². The van der Waals surface area contributed by atoms with Crippen LogP contribution in [0.3, 0.4) is 0 Å². The fraction of sp³-hybridized carbons (Fsp3) is 0.0625. The highest BCUT2D eigenvalue weighted by molar-refractivity contribution is 5.96. The second kappa shape index (κ2) is 6.09. The average molecular weight is 300 g/mol. The van der Waals surface area contributed by atoms with E-state index in [-0.39, 0.29) is 22.4 Å². The van der Waals surface area contributed by atoms with Gasteiger partial charge in [0.2, 0.25) is 0 Å². The zero-order valence-corrected chi connectivity index (χ0v) is 11.6. The van der Waals surface area contributed by atoms with Gasteiger partial charge in [-0.2, -0.15) is 0 Å². The zero-order chi connectivity index (χ0) is 16.3. The van der Waals surface area contributed by atoms with Crippen molar-refractivity contribution < 1.29 is 29.3 Å². The molecule has 0 amide bonds. The summed E-state index contributed by atoms with van der Waals surface area (Å²) in [6.07, 6.45) is 0. The molecule has 6 nitrogen and oxygen atoms in total. The molecule has 0 radical (unpaired) electrons. The maximum atomic E-state index is 12.0. The number of carboxylic acid groups (broad SMARTS) is 2. The van der Waals surface area contributed by atoms with Gasteiger partial charge in [0.1, 0.15) is 11.3 Å². The highest BCUT2D eigenvalue weighted by Crippen LogP contribution is 2.21. The smallest absolute Gasteiger partial charge is 0.343 e. The van der Waals surface area contributed by atoms with E-state index in [9.17, 15) is 14.4 Å². The number of aryl methyl sites for hydroxylation is 1. The van der Waals surface area contributed by atoms with E-state index in [1.54, 1.807) is 13.0 Å². The summed E-state index contributed by atoms with van der Waals surface area (Å²) in [6.45, 7) is 1.72. The lowest BCUT2D eigenvalue weighted by Crippen LogP contribution is -2.12. The number of rotatable bonds is 4. The molecule has 6 heteroatoms. The third-order valence-electron chi connectivity index (χ3n) is 2.94. The Balaban J connectivity index is 2.25. The Morgan fingerprint density at radius 2 is 1.45 bits per heavy atom. The van der Waals surface area contributed by atoms with Crippen molar-refractivity contribution in [1.82, 2.24) is 0 Å². The molecule has 0 saturated carbocycles. The summed E-state index contributed by atoms with van der Waals surface area (Å²) < 4.78 is 5.08. The van der Waals surface area contributed by atoms with Gasteiger partial charge in [-0.05, 0) is 43.3 Å². The number of hydrogen-bond donors (Lipinski definition) is 2. The molecule has 2 rings (SSSR count). The zero-order valence-electron chi connectivity index (χ0n) is 11.6. The highest BCUT2D eigenvalue weighted by Gasteiger charge is 2.16. The average Bonchev–Trinajstić information content (AvgIpc) is 2.48. The predicted molar refractivity (Wildman–Crippen MR) is 76.5 cm³/mol. The fourth-order valence-corrected chi connectivity index (χ4v) is 1.81. The number of carbonyl (C=O) groups is 3. The normalized spacial score (nSPS) is 10.0. The van der Waals surface area contributed by atoms with Gasteiger partial charge in [0, 0.05) is 0 Å². The van der Waals surface area contributed by atoms with Crippen molar-refractivity contribution in [2.45, 2.75) is 6.92 Å². The van der Waals surface area contributed by atoms with E-state index in [1.165, 1.54) is 36.4 Å². The minimum Gasteiger partial charge on any atom is -0.478 e. The number of aromatic carboxylic acids is 2. The molecule has 0 heterocycles. The van der Waals surface area contributed by atoms with Crippen LogP contribution in [0.2, 0.25) is 0 Å². The quantitative estimate of drug-likeness (QED) is 0.665. The SMILES string of the molecule is Cc1ccc(OC(=O)c2ccc(C(=O)O)cc2)c(C(=O)O)c1. The molecular weight excluding hydrogens is 288 g/mol. The monoisotopic (exact) mass is 300 g/mol. The third kappa shape index (κ3) is 3.29. The molecule has 0 atom stereocenters. The van der Waals surface area contributed by atoms with E-state index in [1.807, 2.05) is 0 Å². The molecule has 0 bridgehead atoms. The molecule has 0 aliphatic carbocycles. The molecule has 0 saturated heterocycles. The van der Waals surface area contributed by atoms with E-state index >= 15 is 0 Å². The Labute approximate surface area is 125 Å². The van der Waals surface area contributed by atoms with Gasteiger partial charge in [0.25, 0.3) is 0 Å². The van der Waals surface area contributed by atoms with E-state index in [0.29, 0.717) is 0 Å². The van der Waals surface area contributed by atoms with Crippen LogP contribution in [0, 0.1) is 6.92 Å². The van der Waals surface area contributed by atoms with E-state index < -0.39 is 17.9 Å². The molecule has 2 aromatic rings. The van der Waals surface area contributed by atoms with Crippen LogP contribution < -0.4 is 4.74 Å². The van der Waals surface area contributed by atoms with Crippen molar-refractivity contribution in [3.05, 3.63) is 64.7 Å². The van der Waals surface area contributed by atoms with Crippen molar-refractivity contribution in [3.8, 4) is 5.75 Å². The lowest BCUT2D eigenvalue weighted by Gasteiger charge is -2.08. The van der Waals surface area contributed by atoms with Crippen molar-refractivity contribution in [1.29, 1.82) is 0 Å². The first-order valence-corrected chi connectivity index (χ1v) is 6.28. The van der Waals surface area contributed by atoms with Gasteiger partial charge in [-0.3, -0.25) is 0 Å². The van der Waals surface area contributed by atoms with Gasteiger partial charge >= 0.3 is 17.9 Å². The van der Waals surface area contributed by atoms with Crippen molar-refractivity contribution >= 4 is 17.9 Å². The third-order valence-corrected chi connectivity index (χ3v) is 2.94. The summed E-state index contributed by atoms with van der Waals surface area (Å²) in [5.41, 5.74) is 0.776. The molecule has 0 aromatic heterocycles. The molecule has 0 fully saturated rings. The van der Waals surface area contributed by atoms with Crippen LogP contribution in [0.1, 0.15) is 36.6 Å². The fourth-order valence-electron chi connectivity index (χ4n) is 1.81. The van der Waals surface area contributed by atoms with Crippen molar-refractivity contribution in [2.75, 3.05) is 0 Å². The summed E-state index contributed by atoms with van der Waals surface area (Å²) in [5.74, 6) is -3.13. The largest absolute Gasteiger partial charge is 0.478 e. The first-order chi connectivity index (χ1) is 10.4. The topological polar surface area (TPSA) is 101 Å². The lowest BCUT2D eigenvalue weighted by molar-refractivity contribution is 0.0670. The van der Waals surface area contributed by atoms with Gasteiger partial charge < -0.3 is 14.9 Å². The Kier molecular flexibility index (Phi) is 4.22. The van der Waals surface area contributed by atoms with Gasteiger partial charge in [0.05, 0.1) is 11.1 Å². The summed E-state index contributed by atoms with van der Waals surface area (Å²) in [5, 5.41) is 17.9. The molecule has 0 unspecified atom stereocenters. The summed E-state index contributed by atoms with van der Waals surface area (Å²) in [4.78, 5) is 33.9. The summed E-state index contributed by atoms with van der Waals surface area (Å²) in [7, 11) is 0. The van der Waals surface area contributed by atoms with Crippen LogP contribution in [-0.2, 0) is 0 Å². The van der Waals surface area contributed by atoms with Crippen LogP contribution >= 0.6 is 0 Å². The number of benzene rings is 2. The van der Waals surface area contributed by atoms with Crippen LogP contribution in [-0.4, -0.2) is 28.1 Å². The molecule has 2 N–H and O–H groups in total. The van der Waals surface area contributed by atoms with Gasteiger partial charge in [-0.1, -0.05) is 11.6 Å².